The molecule has 1 aromatic heterocycles. The van der Waals surface area contributed by atoms with Crippen molar-refractivity contribution in [2.45, 2.75) is 0 Å². The number of rotatable bonds is 3. The van der Waals surface area contributed by atoms with Gasteiger partial charge >= 0.3 is 0 Å². The van der Waals surface area contributed by atoms with Gasteiger partial charge in [-0.2, -0.15) is 5.26 Å². The van der Waals surface area contributed by atoms with Crippen LogP contribution in [0.3, 0.4) is 0 Å². The highest BCUT2D eigenvalue weighted by molar-refractivity contribution is 8.13. The molecule has 0 bridgehead atoms. The zero-order valence-electron chi connectivity index (χ0n) is 12.6. The van der Waals surface area contributed by atoms with Crippen molar-refractivity contribution < 1.29 is 0 Å². The van der Waals surface area contributed by atoms with Crippen LogP contribution in [0.1, 0.15) is 0 Å². The number of guanidine groups is 1. The monoisotopic (exact) mass is 345 g/mol. The summed E-state index contributed by atoms with van der Waals surface area (Å²) in [5.74, 6) is -0.142. The fourth-order valence-electron chi connectivity index (χ4n) is 1.86. The number of hydrogen-bond donors (Lipinski definition) is 3. The lowest BCUT2D eigenvalue weighted by Gasteiger charge is -2.19. The minimum absolute atomic E-state index is 0.142. The molecular weight excluding hydrogens is 330 g/mol. The molecular formula is C14H15N7S2. The number of aliphatic imine (C=N–C) groups is 1. The van der Waals surface area contributed by atoms with Crippen molar-refractivity contribution in [1.29, 1.82) is 10.7 Å². The maximum Gasteiger partial charge on any atom is 0.208 e. The van der Waals surface area contributed by atoms with E-state index in [1.165, 1.54) is 23.1 Å². The van der Waals surface area contributed by atoms with Gasteiger partial charge in [-0.25, -0.2) is 4.98 Å². The number of nitrogens with two attached hydrogens (primary N) is 1. The molecule has 0 aliphatic rings. The van der Waals surface area contributed by atoms with Crippen molar-refractivity contribution in [3.63, 3.8) is 0 Å². The molecule has 0 radical (unpaired) electrons. The number of anilines is 2. The molecule has 1 aromatic carbocycles. The quantitative estimate of drug-likeness (QED) is 0.448. The summed E-state index contributed by atoms with van der Waals surface area (Å²) in [5, 5.41) is 21.7. The Hall–Kier alpha value is -2.57. The van der Waals surface area contributed by atoms with Crippen molar-refractivity contribution in [3.8, 4) is 17.5 Å². The Bertz CT molecular complexity index is 775. The molecule has 9 heteroatoms. The number of amidine groups is 1. The van der Waals surface area contributed by atoms with Crippen LogP contribution in [0.15, 0.2) is 34.6 Å². The molecule has 7 nitrogen and oxygen atoms in total. The van der Waals surface area contributed by atoms with Crippen LogP contribution in [-0.2, 0) is 0 Å². The molecule has 0 atom stereocenters. The molecule has 23 heavy (non-hydrogen) atoms. The Morgan fingerprint density at radius 2 is 2.35 bits per heavy atom. The van der Waals surface area contributed by atoms with Crippen molar-refractivity contribution in [1.82, 2.24) is 4.98 Å². The van der Waals surface area contributed by atoms with Gasteiger partial charge in [-0.3, -0.25) is 5.41 Å². The molecule has 0 spiro atoms. The smallest absolute Gasteiger partial charge is 0.208 e. The molecule has 4 N–H and O–H groups in total. The average molecular weight is 345 g/mol. The van der Waals surface area contributed by atoms with Gasteiger partial charge in [0.25, 0.3) is 0 Å². The van der Waals surface area contributed by atoms with E-state index in [0.29, 0.717) is 10.3 Å². The Morgan fingerprint density at radius 1 is 1.57 bits per heavy atom. The van der Waals surface area contributed by atoms with Crippen molar-refractivity contribution in [2.75, 3.05) is 23.5 Å². The van der Waals surface area contributed by atoms with E-state index in [2.05, 4.69) is 15.3 Å². The van der Waals surface area contributed by atoms with E-state index in [4.69, 9.17) is 16.4 Å². The van der Waals surface area contributed by atoms with Gasteiger partial charge in [0.05, 0.1) is 5.69 Å². The second-order valence-electron chi connectivity index (χ2n) is 4.38. The van der Waals surface area contributed by atoms with Gasteiger partial charge in [0.15, 0.2) is 16.3 Å². The van der Waals surface area contributed by atoms with Gasteiger partial charge in [0, 0.05) is 23.7 Å². The van der Waals surface area contributed by atoms with Crippen molar-refractivity contribution in [2.24, 2.45) is 10.7 Å². The minimum atomic E-state index is -0.142. The summed E-state index contributed by atoms with van der Waals surface area (Å²) in [6.45, 7) is 0. The van der Waals surface area contributed by atoms with Gasteiger partial charge in [0.2, 0.25) is 6.19 Å². The first kappa shape index (κ1) is 16.8. The molecule has 118 valence electrons. The van der Waals surface area contributed by atoms with Crippen molar-refractivity contribution in [3.05, 3.63) is 29.6 Å². The SMILES string of the molecule is CSC(=NC#N)N(C)c1cccc(-c2csc(NC(=N)N)n2)c1. The molecule has 0 fully saturated rings. The van der Waals surface area contributed by atoms with E-state index in [1.54, 1.807) is 0 Å². The van der Waals surface area contributed by atoms with E-state index < -0.39 is 0 Å². The number of nitrogens with zero attached hydrogens (tertiary/aromatic N) is 4. The first-order valence-electron chi connectivity index (χ1n) is 6.46. The third-order valence-electron chi connectivity index (χ3n) is 2.89. The van der Waals surface area contributed by atoms with Crippen LogP contribution >= 0.6 is 23.1 Å². The molecule has 0 saturated carbocycles. The van der Waals surface area contributed by atoms with Gasteiger partial charge in [-0.1, -0.05) is 23.9 Å². The zero-order valence-corrected chi connectivity index (χ0v) is 14.2. The lowest BCUT2D eigenvalue weighted by molar-refractivity contribution is 1.27. The van der Waals surface area contributed by atoms with Crippen LogP contribution in [0.5, 0.6) is 0 Å². The number of thioether (sulfide) groups is 1. The summed E-state index contributed by atoms with van der Waals surface area (Å²) in [7, 11) is 1.86. The lowest BCUT2D eigenvalue weighted by atomic mass is 10.1. The molecule has 0 unspecified atom stereocenters. The van der Waals surface area contributed by atoms with Crippen LogP contribution in [0, 0.1) is 16.9 Å². The third kappa shape index (κ3) is 4.21. The van der Waals surface area contributed by atoms with Gasteiger partial charge < -0.3 is 16.0 Å². The standard InChI is InChI=1S/C14H15N7S2/c1-21(14(22-2)18-8-15)10-5-3-4-9(6-10)11-7-23-13(19-11)20-12(16)17/h3-7H,1-2H3,(H4,16,17,19,20). The van der Waals surface area contributed by atoms with Gasteiger partial charge in [0.1, 0.15) is 0 Å². The maximum absolute atomic E-state index is 8.75. The highest BCUT2D eigenvalue weighted by Gasteiger charge is 2.11. The topological polar surface area (TPSA) is 114 Å². The number of hydrogen-bond acceptors (Lipinski definition) is 6. The Labute approximate surface area is 142 Å². The fourth-order valence-corrected chi connectivity index (χ4v) is 3.11. The normalized spacial score (nSPS) is 10.9. The number of benzene rings is 1. The predicted octanol–water partition coefficient (Wildman–Crippen LogP) is 2.75. The van der Waals surface area contributed by atoms with Crippen LogP contribution in [0.25, 0.3) is 11.3 Å². The molecule has 0 amide bonds. The fraction of sp³-hybridized carbons (Fsp3) is 0.143. The third-order valence-corrected chi connectivity index (χ3v) is 4.38. The van der Waals surface area contributed by atoms with Crippen LogP contribution < -0.4 is 16.0 Å². The maximum atomic E-state index is 8.75. The summed E-state index contributed by atoms with van der Waals surface area (Å²) >= 11 is 2.78. The summed E-state index contributed by atoms with van der Waals surface area (Å²) in [6.07, 6.45) is 3.68. The number of nitrogens with one attached hydrogen (secondary N) is 2. The van der Waals surface area contributed by atoms with Crippen LogP contribution in [0.2, 0.25) is 0 Å². The second kappa shape index (κ2) is 7.62. The van der Waals surface area contributed by atoms with E-state index >= 15 is 0 Å². The molecule has 1 heterocycles. The lowest BCUT2D eigenvalue weighted by Crippen LogP contribution is -2.23. The average Bonchev–Trinajstić information content (AvgIpc) is 3.00. The summed E-state index contributed by atoms with van der Waals surface area (Å²) in [4.78, 5) is 10.1. The van der Waals surface area contributed by atoms with E-state index in [-0.39, 0.29) is 5.96 Å². The Balaban J connectivity index is 2.29. The minimum Gasteiger partial charge on any atom is -0.370 e. The zero-order chi connectivity index (χ0) is 16.8. The van der Waals surface area contributed by atoms with Crippen LogP contribution in [-0.4, -0.2) is 29.4 Å². The summed E-state index contributed by atoms with van der Waals surface area (Å²) < 4.78 is 0. The number of aromatic nitrogens is 1. The predicted molar refractivity (Wildman–Crippen MR) is 98.1 cm³/mol. The highest BCUT2D eigenvalue weighted by atomic mass is 32.2. The number of nitriles is 1. The summed E-state index contributed by atoms with van der Waals surface area (Å²) in [6, 6.07) is 7.77. The largest absolute Gasteiger partial charge is 0.370 e. The molecule has 2 rings (SSSR count). The summed E-state index contributed by atoms with van der Waals surface area (Å²) in [5.41, 5.74) is 7.93. The molecule has 0 aliphatic heterocycles. The van der Waals surface area contributed by atoms with E-state index in [9.17, 15) is 0 Å². The van der Waals surface area contributed by atoms with Crippen LogP contribution in [0.4, 0.5) is 10.8 Å². The molecule has 0 aliphatic carbocycles. The first-order valence-corrected chi connectivity index (χ1v) is 8.57. The van der Waals surface area contributed by atoms with E-state index in [0.717, 1.165) is 16.9 Å². The molecule has 0 saturated heterocycles. The number of thiazole rings is 1. The van der Waals surface area contributed by atoms with Gasteiger partial charge in [-0.15, -0.1) is 16.3 Å². The van der Waals surface area contributed by atoms with E-state index in [1.807, 2.05) is 54.0 Å². The van der Waals surface area contributed by atoms with Gasteiger partial charge in [-0.05, 0) is 18.4 Å². The van der Waals surface area contributed by atoms with Crippen molar-refractivity contribution >= 4 is 45.0 Å². The second-order valence-corrected chi connectivity index (χ2v) is 6.02. The molecule has 2 aromatic rings. The first-order chi connectivity index (χ1) is 11.0. The highest BCUT2D eigenvalue weighted by Crippen LogP contribution is 2.28. The Kier molecular flexibility index (Phi) is 5.56. The Morgan fingerprint density at radius 3 is 3.00 bits per heavy atom.